The molecule has 0 atom stereocenters. The standard InChI is InChI=1S/C18H19N3O7/c1-21(18(25)26-2)14-8-4-3-7-13(14)16(23)28-11-15(22)20-17(24)19-10-12-6-5-9-27-12/h3-9H,10-11H2,1-2H3,(H2,19,20,22,24). The number of amides is 4. The average molecular weight is 389 g/mol. The van der Waals surface area contributed by atoms with Crippen LogP contribution < -0.4 is 15.5 Å². The number of hydrogen-bond acceptors (Lipinski definition) is 7. The van der Waals surface area contributed by atoms with Gasteiger partial charge in [-0.3, -0.25) is 15.0 Å². The normalized spacial score (nSPS) is 9.93. The van der Waals surface area contributed by atoms with E-state index in [-0.39, 0.29) is 17.8 Å². The van der Waals surface area contributed by atoms with Crippen LogP contribution in [0.15, 0.2) is 47.1 Å². The van der Waals surface area contributed by atoms with Gasteiger partial charge in [0, 0.05) is 7.05 Å². The zero-order valence-electron chi connectivity index (χ0n) is 15.3. The highest BCUT2D eigenvalue weighted by molar-refractivity contribution is 6.02. The number of imide groups is 1. The monoisotopic (exact) mass is 389 g/mol. The Morgan fingerprint density at radius 1 is 1.11 bits per heavy atom. The van der Waals surface area contributed by atoms with E-state index >= 15 is 0 Å². The fourth-order valence-corrected chi connectivity index (χ4v) is 2.17. The SMILES string of the molecule is COC(=O)N(C)c1ccccc1C(=O)OCC(=O)NC(=O)NCc1ccco1. The number of urea groups is 1. The third kappa shape index (κ3) is 5.59. The number of methoxy groups -OCH3 is 1. The Balaban J connectivity index is 1.87. The molecule has 1 heterocycles. The number of carbonyl (C=O) groups is 4. The van der Waals surface area contributed by atoms with Gasteiger partial charge in [-0.25, -0.2) is 14.4 Å². The largest absolute Gasteiger partial charge is 0.467 e. The predicted molar refractivity (Wildman–Crippen MR) is 96.6 cm³/mol. The first-order chi connectivity index (χ1) is 13.4. The van der Waals surface area contributed by atoms with Gasteiger partial charge in [0.1, 0.15) is 5.76 Å². The van der Waals surface area contributed by atoms with Crippen LogP contribution in [0.2, 0.25) is 0 Å². The van der Waals surface area contributed by atoms with Crippen LogP contribution in [0.25, 0.3) is 0 Å². The van der Waals surface area contributed by atoms with Crippen LogP contribution >= 0.6 is 0 Å². The summed E-state index contributed by atoms with van der Waals surface area (Å²) in [6, 6.07) is 8.72. The molecule has 0 saturated heterocycles. The second kappa shape index (κ2) is 9.76. The number of ether oxygens (including phenoxy) is 2. The lowest BCUT2D eigenvalue weighted by atomic mass is 10.1. The Morgan fingerprint density at radius 3 is 2.54 bits per heavy atom. The number of carbonyl (C=O) groups excluding carboxylic acids is 4. The van der Waals surface area contributed by atoms with E-state index in [1.54, 1.807) is 24.3 Å². The van der Waals surface area contributed by atoms with Gasteiger partial charge in [-0.15, -0.1) is 0 Å². The summed E-state index contributed by atoms with van der Waals surface area (Å²) in [5, 5.41) is 4.44. The zero-order valence-corrected chi connectivity index (χ0v) is 15.3. The molecule has 1 aromatic carbocycles. The summed E-state index contributed by atoms with van der Waals surface area (Å²) in [7, 11) is 2.63. The predicted octanol–water partition coefficient (Wildman–Crippen LogP) is 1.66. The van der Waals surface area contributed by atoms with Crippen molar-refractivity contribution in [3.05, 3.63) is 54.0 Å². The lowest BCUT2D eigenvalue weighted by molar-refractivity contribution is -0.123. The van der Waals surface area contributed by atoms with Crippen molar-refractivity contribution in [1.29, 1.82) is 0 Å². The molecule has 0 aliphatic rings. The van der Waals surface area contributed by atoms with Crippen LogP contribution in [0.4, 0.5) is 15.3 Å². The highest BCUT2D eigenvalue weighted by Gasteiger charge is 2.20. The Bertz CT molecular complexity index is 849. The Kier molecular flexibility index (Phi) is 7.14. The molecule has 0 aliphatic heterocycles. The third-order valence-electron chi connectivity index (χ3n) is 3.52. The molecule has 0 saturated carbocycles. The maximum absolute atomic E-state index is 12.3. The summed E-state index contributed by atoms with van der Waals surface area (Å²) in [4.78, 5) is 48.4. The minimum Gasteiger partial charge on any atom is -0.467 e. The van der Waals surface area contributed by atoms with Gasteiger partial charge in [0.2, 0.25) is 0 Å². The van der Waals surface area contributed by atoms with Crippen LogP contribution in [0.3, 0.4) is 0 Å². The van der Waals surface area contributed by atoms with Crippen molar-refractivity contribution in [1.82, 2.24) is 10.6 Å². The van der Waals surface area contributed by atoms with E-state index in [4.69, 9.17) is 9.15 Å². The van der Waals surface area contributed by atoms with Crippen LogP contribution in [0.1, 0.15) is 16.1 Å². The number of nitrogens with zero attached hydrogens (tertiary/aromatic N) is 1. The quantitative estimate of drug-likeness (QED) is 0.719. The van der Waals surface area contributed by atoms with Gasteiger partial charge in [-0.2, -0.15) is 0 Å². The first-order valence-corrected chi connectivity index (χ1v) is 8.10. The molecule has 148 valence electrons. The van der Waals surface area contributed by atoms with E-state index < -0.39 is 30.6 Å². The maximum Gasteiger partial charge on any atom is 0.413 e. The molecule has 1 aromatic heterocycles. The van der Waals surface area contributed by atoms with Crippen LogP contribution in [-0.4, -0.2) is 44.8 Å². The smallest absolute Gasteiger partial charge is 0.413 e. The molecular formula is C18H19N3O7. The molecule has 4 amide bonds. The molecule has 0 spiro atoms. The molecule has 0 bridgehead atoms. The summed E-state index contributed by atoms with van der Waals surface area (Å²) >= 11 is 0. The van der Waals surface area contributed by atoms with Gasteiger partial charge in [0.15, 0.2) is 6.61 Å². The molecule has 0 fully saturated rings. The van der Waals surface area contributed by atoms with Crippen LogP contribution in [0, 0.1) is 0 Å². The molecule has 2 aromatic rings. The Labute approximate surface area is 160 Å². The summed E-state index contributed by atoms with van der Waals surface area (Å²) in [6.45, 7) is -0.581. The molecule has 10 nitrogen and oxygen atoms in total. The van der Waals surface area contributed by atoms with Gasteiger partial charge >= 0.3 is 18.1 Å². The Morgan fingerprint density at radius 2 is 1.86 bits per heavy atom. The molecule has 28 heavy (non-hydrogen) atoms. The number of furan rings is 1. The molecular weight excluding hydrogens is 370 g/mol. The van der Waals surface area contributed by atoms with Crippen molar-refractivity contribution in [3.8, 4) is 0 Å². The summed E-state index contributed by atoms with van der Waals surface area (Å²) in [5.41, 5.74) is 0.307. The zero-order chi connectivity index (χ0) is 20.5. The minimum absolute atomic E-state index is 0.0606. The van der Waals surface area contributed by atoms with E-state index in [2.05, 4.69) is 10.1 Å². The minimum atomic E-state index is -0.836. The molecule has 10 heteroatoms. The van der Waals surface area contributed by atoms with Crippen molar-refractivity contribution < 1.29 is 33.1 Å². The van der Waals surface area contributed by atoms with Crippen molar-refractivity contribution in [2.45, 2.75) is 6.54 Å². The van der Waals surface area contributed by atoms with E-state index in [9.17, 15) is 19.2 Å². The maximum atomic E-state index is 12.3. The van der Waals surface area contributed by atoms with Gasteiger partial charge in [-0.05, 0) is 24.3 Å². The van der Waals surface area contributed by atoms with E-state index in [1.807, 2.05) is 5.32 Å². The average Bonchev–Trinajstić information content (AvgIpc) is 3.23. The van der Waals surface area contributed by atoms with Gasteiger partial charge in [0.05, 0.1) is 31.2 Å². The second-order valence-electron chi connectivity index (χ2n) is 5.43. The van der Waals surface area contributed by atoms with Crippen molar-refractivity contribution >= 4 is 29.7 Å². The fourth-order valence-electron chi connectivity index (χ4n) is 2.17. The van der Waals surface area contributed by atoms with Crippen molar-refractivity contribution in [2.75, 3.05) is 25.7 Å². The molecule has 0 unspecified atom stereocenters. The number of rotatable bonds is 6. The number of nitrogens with one attached hydrogen (secondary N) is 2. The van der Waals surface area contributed by atoms with Crippen molar-refractivity contribution in [2.24, 2.45) is 0 Å². The number of para-hydroxylation sites is 1. The molecule has 2 rings (SSSR count). The van der Waals surface area contributed by atoms with Gasteiger partial charge in [-0.1, -0.05) is 12.1 Å². The molecule has 0 radical (unpaired) electrons. The molecule has 0 aliphatic carbocycles. The van der Waals surface area contributed by atoms with E-state index in [1.165, 1.54) is 32.6 Å². The third-order valence-corrected chi connectivity index (χ3v) is 3.52. The van der Waals surface area contributed by atoms with E-state index in [0.29, 0.717) is 5.76 Å². The number of hydrogen-bond donors (Lipinski definition) is 2. The number of anilines is 1. The first kappa shape index (κ1) is 20.5. The highest BCUT2D eigenvalue weighted by atomic mass is 16.5. The summed E-state index contributed by atoms with van der Waals surface area (Å²) in [5.74, 6) is -1.14. The number of benzene rings is 1. The Hall–Kier alpha value is -3.82. The number of esters is 1. The fraction of sp³-hybridized carbons (Fsp3) is 0.222. The summed E-state index contributed by atoms with van der Waals surface area (Å²) in [6.07, 6.45) is 0.779. The first-order valence-electron chi connectivity index (χ1n) is 8.10. The topological polar surface area (TPSA) is 127 Å². The second-order valence-corrected chi connectivity index (χ2v) is 5.43. The summed E-state index contributed by atoms with van der Waals surface area (Å²) < 4.78 is 14.6. The lowest BCUT2D eigenvalue weighted by Gasteiger charge is -2.18. The van der Waals surface area contributed by atoms with Crippen molar-refractivity contribution in [3.63, 3.8) is 0 Å². The van der Waals surface area contributed by atoms with Gasteiger partial charge in [0.25, 0.3) is 5.91 Å². The van der Waals surface area contributed by atoms with Crippen LogP contribution in [0.5, 0.6) is 0 Å². The lowest BCUT2D eigenvalue weighted by Crippen LogP contribution is -2.41. The van der Waals surface area contributed by atoms with E-state index in [0.717, 1.165) is 4.90 Å². The van der Waals surface area contributed by atoms with Crippen LogP contribution in [-0.2, 0) is 20.8 Å². The molecule has 2 N–H and O–H groups in total. The highest BCUT2D eigenvalue weighted by Crippen LogP contribution is 2.20. The van der Waals surface area contributed by atoms with Gasteiger partial charge < -0.3 is 19.2 Å².